The van der Waals surface area contributed by atoms with Gasteiger partial charge in [0.2, 0.25) is 5.91 Å². The van der Waals surface area contributed by atoms with Crippen LogP contribution in [-0.2, 0) is 11.2 Å². The first-order chi connectivity index (χ1) is 10.1. The van der Waals surface area contributed by atoms with Gasteiger partial charge in [-0.2, -0.15) is 0 Å². The first-order valence-corrected chi connectivity index (χ1v) is 7.74. The number of nitrogens with one attached hydrogen (secondary N) is 1. The van der Waals surface area contributed by atoms with Crippen molar-refractivity contribution >= 4 is 33.3 Å². The standard InChI is InChI=1S/C16H16BrN3O/c17-14-8-11(18)9-19-15(14)20-16(21)13-7-3-5-10-4-1-2-6-12(10)13/h1-2,4,6,8-9,13H,3,5,7,18H2,(H,19,20,21). The van der Waals surface area contributed by atoms with Crippen LogP contribution in [0, 0.1) is 0 Å². The van der Waals surface area contributed by atoms with Crippen molar-refractivity contribution in [1.82, 2.24) is 4.98 Å². The summed E-state index contributed by atoms with van der Waals surface area (Å²) in [7, 11) is 0. The Kier molecular flexibility index (Phi) is 3.92. The molecule has 21 heavy (non-hydrogen) atoms. The quantitative estimate of drug-likeness (QED) is 0.875. The van der Waals surface area contributed by atoms with E-state index < -0.39 is 0 Å². The lowest BCUT2D eigenvalue weighted by Gasteiger charge is -2.24. The molecule has 1 atom stereocenters. The minimum Gasteiger partial charge on any atom is -0.397 e. The molecule has 2 aromatic rings. The lowest BCUT2D eigenvalue weighted by Crippen LogP contribution is -2.25. The van der Waals surface area contributed by atoms with Crippen molar-refractivity contribution in [2.45, 2.75) is 25.2 Å². The minimum atomic E-state index is -0.110. The number of carbonyl (C=O) groups is 1. The predicted octanol–water partition coefficient (Wildman–Crippen LogP) is 3.48. The normalized spacial score (nSPS) is 17.1. The van der Waals surface area contributed by atoms with E-state index in [1.165, 1.54) is 11.8 Å². The largest absolute Gasteiger partial charge is 0.397 e. The van der Waals surface area contributed by atoms with Gasteiger partial charge in [0, 0.05) is 0 Å². The predicted molar refractivity (Wildman–Crippen MR) is 87.1 cm³/mol. The summed E-state index contributed by atoms with van der Waals surface area (Å²) in [5.74, 6) is 0.388. The van der Waals surface area contributed by atoms with Gasteiger partial charge in [-0.25, -0.2) is 4.98 Å². The SMILES string of the molecule is Nc1cnc(NC(=O)C2CCCc3ccccc32)c(Br)c1. The van der Waals surface area contributed by atoms with Gasteiger partial charge in [0.15, 0.2) is 0 Å². The number of nitrogens with two attached hydrogens (primary N) is 1. The fourth-order valence-electron chi connectivity index (χ4n) is 2.77. The molecule has 5 heteroatoms. The highest BCUT2D eigenvalue weighted by atomic mass is 79.9. The van der Waals surface area contributed by atoms with Crippen molar-refractivity contribution in [2.75, 3.05) is 11.1 Å². The van der Waals surface area contributed by atoms with Crippen molar-refractivity contribution in [2.24, 2.45) is 0 Å². The summed E-state index contributed by atoms with van der Waals surface area (Å²) in [5, 5.41) is 2.90. The number of anilines is 2. The van der Waals surface area contributed by atoms with Crippen molar-refractivity contribution < 1.29 is 4.79 Å². The third-order valence-corrected chi connectivity index (χ3v) is 4.39. The molecule has 1 aromatic heterocycles. The van der Waals surface area contributed by atoms with Crippen LogP contribution in [0.2, 0.25) is 0 Å². The maximum Gasteiger partial charge on any atom is 0.233 e. The number of nitrogens with zero attached hydrogens (tertiary/aromatic N) is 1. The van der Waals surface area contributed by atoms with Crippen molar-refractivity contribution in [3.8, 4) is 0 Å². The van der Waals surface area contributed by atoms with E-state index in [0.717, 1.165) is 24.8 Å². The first kappa shape index (κ1) is 14.1. The van der Waals surface area contributed by atoms with E-state index in [-0.39, 0.29) is 11.8 Å². The van der Waals surface area contributed by atoms with Gasteiger partial charge in [0.1, 0.15) is 5.82 Å². The Morgan fingerprint density at radius 2 is 2.19 bits per heavy atom. The van der Waals surface area contributed by atoms with Crippen LogP contribution in [0.3, 0.4) is 0 Å². The number of rotatable bonds is 2. The Hall–Kier alpha value is -1.88. The third-order valence-electron chi connectivity index (χ3n) is 3.79. The molecule has 1 aliphatic rings. The number of hydrogen-bond donors (Lipinski definition) is 2. The van der Waals surface area contributed by atoms with E-state index in [1.807, 2.05) is 18.2 Å². The molecule has 0 fully saturated rings. The van der Waals surface area contributed by atoms with Crippen LogP contribution >= 0.6 is 15.9 Å². The number of amides is 1. The van der Waals surface area contributed by atoms with Gasteiger partial charge in [-0.3, -0.25) is 4.79 Å². The van der Waals surface area contributed by atoms with Gasteiger partial charge < -0.3 is 11.1 Å². The van der Waals surface area contributed by atoms with Crippen molar-refractivity contribution in [1.29, 1.82) is 0 Å². The smallest absolute Gasteiger partial charge is 0.233 e. The number of halogens is 1. The van der Waals surface area contributed by atoms with Gasteiger partial charge in [-0.1, -0.05) is 24.3 Å². The van der Waals surface area contributed by atoms with Gasteiger partial charge in [0.05, 0.1) is 22.3 Å². The molecule has 0 saturated heterocycles. The Balaban J connectivity index is 1.83. The number of hydrogen-bond acceptors (Lipinski definition) is 3. The lowest BCUT2D eigenvalue weighted by molar-refractivity contribution is -0.117. The average molecular weight is 346 g/mol. The van der Waals surface area contributed by atoms with Crippen molar-refractivity contribution in [3.63, 3.8) is 0 Å². The van der Waals surface area contributed by atoms with E-state index in [1.54, 1.807) is 6.07 Å². The molecule has 1 aliphatic carbocycles. The Morgan fingerprint density at radius 1 is 1.38 bits per heavy atom. The second-order valence-electron chi connectivity index (χ2n) is 5.23. The molecule has 3 N–H and O–H groups in total. The molecule has 108 valence electrons. The summed E-state index contributed by atoms with van der Waals surface area (Å²) in [5.41, 5.74) is 8.62. The highest BCUT2D eigenvalue weighted by Crippen LogP contribution is 2.33. The van der Waals surface area contributed by atoms with Crippen LogP contribution in [0.15, 0.2) is 41.0 Å². The topological polar surface area (TPSA) is 68.0 Å². The first-order valence-electron chi connectivity index (χ1n) is 6.95. The summed E-state index contributed by atoms with van der Waals surface area (Å²) in [6.45, 7) is 0. The molecular weight excluding hydrogens is 330 g/mol. The lowest BCUT2D eigenvalue weighted by atomic mass is 9.82. The zero-order valence-electron chi connectivity index (χ0n) is 11.5. The molecule has 1 unspecified atom stereocenters. The summed E-state index contributed by atoms with van der Waals surface area (Å²) in [6, 6.07) is 9.90. The van der Waals surface area contributed by atoms with E-state index in [9.17, 15) is 4.79 Å². The maximum atomic E-state index is 12.6. The van der Waals surface area contributed by atoms with Crippen LogP contribution in [0.5, 0.6) is 0 Å². The number of nitrogen functional groups attached to an aromatic ring is 1. The monoisotopic (exact) mass is 345 g/mol. The molecule has 0 saturated carbocycles. The Labute approximate surface area is 131 Å². The van der Waals surface area contributed by atoms with Gasteiger partial charge in [0.25, 0.3) is 0 Å². The van der Waals surface area contributed by atoms with E-state index in [2.05, 4.69) is 32.3 Å². The van der Waals surface area contributed by atoms with Gasteiger partial charge >= 0.3 is 0 Å². The molecule has 0 radical (unpaired) electrons. The van der Waals surface area contributed by atoms with Gasteiger partial charge in [-0.15, -0.1) is 0 Å². The fraction of sp³-hybridized carbons (Fsp3) is 0.250. The number of aryl methyl sites for hydroxylation is 1. The van der Waals surface area contributed by atoms with Crippen molar-refractivity contribution in [3.05, 3.63) is 52.1 Å². The number of carbonyl (C=O) groups excluding carboxylic acids is 1. The molecular formula is C16H16BrN3O. The summed E-state index contributed by atoms with van der Waals surface area (Å²) < 4.78 is 0.694. The second kappa shape index (κ2) is 5.85. The molecule has 1 heterocycles. The highest BCUT2D eigenvalue weighted by Gasteiger charge is 2.26. The van der Waals surface area contributed by atoms with Crippen LogP contribution in [0.4, 0.5) is 11.5 Å². The molecule has 4 nitrogen and oxygen atoms in total. The molecule has 0 spiro atoms. The zero-order valence-corrected chi connectivity index (χ0v) is 13.1. The Morgan fingerprint density at radius 3 is 3.00 bits per heavy atom. The number of aromatic nitrogens is 1. The summed E-state index contributed by atoms with van der Waals surface area (Å²) >= 11 is 3.37. The van der Waals surface area contributed by atoms with Crippen LogP contribution in [0.25, 0.3) is 0 Å². The summed E-state index contributed by atoms with van der Waals surface area (Å²) in [6.07, 6.45) is 4.49. The van der Waals surface area contributed by atoms with Crippen LogP contribution in [0.1, 0.15) is 29.9 Å². The molecule has 3 rings (SSSR count). The maximum absolute atomic E-state index is 12.6. The number of fused-ring (bicyclic) bond motifs is 1. The van der Waals surface area contributed by atoms with Crippen LogP contribution in [-0.4, -0.2) is 10.9 Å². The third kappa shape index (κ3) is 2.93. The number of pyridine rings is 1. The minimum absolute atomic E-state index is 0.0138. The van der Waals surface area contributed by atoms with E-state index in [4.69, 9.17) is 5.73 Å². The van der Waals surface area contributed by atoms with E-state index in [0.29, 0.717) is 16.0 Å². The van der Waals surface area contributed by atoms with Gasteiger partial charge in [-0.05, 0) is 52.4 Å². The molecule has 0 bridgehead atoms. The molecule has 1 amide bonds. The summed E-state index contributed by atoms with van der Waals surface area (Å²) in [4.78, 5) is 16.7. The van der Waals surface area contributed by atoms with E-state index >= 15 is 0 Å². The average Bonchev–Trinajstić information content (AvgIpc) is 2.49. The Bertz CT molecular complexity index is 687. The molecule has 0 aliphatic heterocycles. The number of benzene rings is 1. The van der Waals surface area contributed by atoms with Crippen LogP contribution < -0.4 is 11.1 Å². The zero-order chi connectivity index (χ0) is 14.8. The molecule has 1 aromatic carbocycles. The fourth-order valence-corrected chi connectivity index (χ4v) is 3.24. The highest BCUT2D eigenvalue weighted by molar-refractivity contribution is 9.10. The second-order valence-corrected chi connectivity index (χ2v) is 6.09.